The minimum atomic E-state index is -0.352. The van der Waals surface area contributed by atoms with E-state index in [4.69, 9.17) is 4.74 Å². The molecule has 4 rings (SSSR count). The van der Waals surface area contributed by atoms with E-state index in [0.29, 0.717) is 24.5 Å². The Labute approximate surface area is 150 Å². The molecule has 0 saturated carbocycles. The third kappa shape index (κ3) is 2.94. The smallest absolute Gasteiger partial charge is 0.226 e. The third-order valence-electron chi connectivity index (χ3n) is 4.44. The van der Waals surface area contributed by atoms with E-state index in [-0.39, 0.29) is 17.6 Å². The number of amides is 1. The Balaban J connectivity index is 1.78. The number of hydrogen-bond acceptors (Lipinski definition) is 3. The summed E-state index contributed by atoms with van der Waals surface area (Å²) in [6.45, 7) is 2.51. The second-order valence-electron chi connectivity index (χ2n) is 6.15. The maximum Gasteiger partial charge on any atom is 0.226 e. The second kappa shape index (κ2) is 6.63. The van der Waals surface area contributed by atoms with E-state index in [9.17, 15) is 9.18 Å². The predicted molar refractivity (Wildman–Crippen MR) is 96.2 cm³/mol. The molecule has 1 unspecified atom stereocenters. The average Bonchev–Trinajstić information content (AvgIpc) is 3.05. The molecule has 2 aromatic carbocycles. The number of nitrogens with one attached hydrogen (secondary N) is 1. The van der Waals surface area contributed by atoms with Gasteiger partial charge in [0.05, 0.1) is 18.5 Å². The minimum Gasteiger partial charge on any atom is -0.494 e. The zero-order valence-corrected chi connectivity index (χ0v) is 14.3. The van der Waals surface area contributed by atoms with E-state index in [0.717, 1.165) is 16.9 Å². The number of rotatable bonds is 4. The average molecular weight is 351 g/mol. The van der Waals surface area contributed by atoms with E-state index < -0.39 is 0 Å². The van der Waals surface area contributed by atoms with Crippen molar-refractivity contribution in [1.82, 2.24) is 9.78 Å². The number of carbonyl (C=O) groups is 1. The fourth-order valence-corrected chi connectivity index (χ4v) is 3.31. The first-order valence-corrected chi connectivity index (χ1v) is 8.52. The van der Waals surface area contributed by atoms with Crippen molar-refractivity contribution in [3.05, 3.63) is 71.7 Å². The Hall–Kier alpha value is -3.15. The van der Waals surface area contributed by atoms with Crippen molar-refractivity contribution in [3.8, 4) is 11.4 Å². The molecule has 0 fully saturated rings. The lowest BCUT2D eigenvalue weighted by Crippen LogP contribution is -2.24. The molecule has 26 heavy (non-hydrogen) atoms. The summed E-state index contributed by atoms with van der Waals surface area (Å²) in [6.07, 6.45) is 2.06. The van der Waals surface area contributed by atoms with Crippen LogP contribution in [0.25, 0.3) is 5.69 Å². The van der Waals surface area contributed by atoms with Gasteiger partial charge in [-0.05, 0) is 42.8 Å². The van der Waals surface area contributed by atoms with E-state index >= 15 is 0 Å². The number of carbonyl (C=O) groups excluding carboxylic acids is 1. The van der Waals surface area contributed by atoms with Crippen molar-refractivity contribution in [2.75, 3.05) is 11.9 Å². The van der Waals surface area contributed by atoms with Gasteiger partial charge < -0.3 is 10.1 Å². The summed E-state index contributed by atoms with van der Waals surface area (Å²) in [6, 6.07) is 13.9. The van der Waals surface area contributed by atoms with Crippen LogP contribution in [0.1, 0.15) is 30.4 Å². The molecule has 6 heteroatoms. The largest absolute Gasteiger partial charge is 0.494 e. The van der Waals surface area contributed by atoms with Crippen LogP contribution in [0, 0.1) is 5.82 Å². The maximum atomic E-state index is 13.6. The van der Waals surface area contributed by atoms with Crippen molar-refractivity contribution in [2.24, 2.45) is 0 Å². The topological polar surface area (TPSA) is 56.1 Å². The molecule has 2 heterocycles. The number of fused-ring (bicyclic) bond motifs is 1. The highest BCUT2D eigenvalue weighted by atomic mass is 19.1. The fraction of sp³-hybridized carbons (Fsp3) is 0.200. The van der Waals surface area contributed by atoms with E-state index in [2.05, 4.69) is 10.4 Å². The van der Waals surface area contributed by atoms with Crippen LogP contribution >= 0.6 is 0 Å². The SMILES string of the molecule is CCOc1cccc(C2CC(=O)Nc3c2cnn3-c2cccc(F)c2)c1. The summed E-state index contributed by atoms with van der Waals surface area (Å²) in [7, 11) is 0. The molecule has 1 atom stereocenters. The van der Waals surface area contributed by atoms with Gasteiger partial charge in [0.1, 0.15) is 17.4 Å². The van der Waals surface area contributed by atoms with Gasteiger partial charge >= 0.3 is 0 Å². The number of ether oxygens (including phenoxy) is 1. The van der Waals surface area contributed by atoms with Crippen LogP contribution in [0.4, 0.5) is 10.2 Å². The van der Waals surface area contributed by atoms with E-state index in [1.807, 2.05) is 31.2 Å². The molecule has 3 aromatic rings. The molecule has 5 nitrogen and oxygen atoms in total. The lowest BCUT2D eigenvalue weighted by atomic mass is 9.87. The van der Waals surface area contributed by atoms with Crippen LogP contribution in [-0.2, 0) is 4.79 Å². The molecule has 1 amide bonds. The zero-order chi connectivity index (χ0) is 18.1. The monoisotopic (exact) mass is 351 g/mol. The third-order valence-corrected chi connectivity index (χ3v) is 4.44. The highest BCUT2D eigenvalue weighted by molar-refractivity contribution is 5.94. The van der Waals surface area contributed by atoms with Crippen LogP contribution < -0.4 is 10.1 Å². The highest BCUT2D eigenvalue weighted by Crippen LogP contribution is 2.38. The summed E-state index contributed by atoms with van der Waals surface area (Å²) in [5, 5.41) is 7.26. The Bertz CT molecular complexity index is 967. The fourth-order valence-electron chi connectivity index (χ4n) is 3.31. The molecule has 0 aliphatic carbocycles. The number of benzene rings is 2. The van der Waals surface area contributed by atoms with Crippen molar-refractivity contribution in [3.63, 3.8) is 0 Å². The number of anilines is 1. The van der Waals surface area contributed by atoms with Crippen LogP contribution in [0.2, 0.25) is 0 Å². The Morgan fingerprint density at radius 3 is 2.92 bits per heavy atom. The van der Waals surface area contributed by atoms with Crippen LogP contribution in [-0.4, -0.2) is 22.3 Å². The number of halogens is 1. The standard InChI is InChI=1S/C20H18FN3O2/c1-2-26-16-8-3-5-13(9-16)17-11-19(25)23-20-18(17)12-22-24(20)15-7-4-6-14(21)10-15/h3-10,12,17H,2,11H2,1H3,(H,23,25). The molecule has 1 aliphatic rings. The van der Waals surface area contributed by atoms with Gasteiger partial charge in [-0.15, -0.1) is 0 Å². The Kier molecular flexibility index (Phi) is 4.16. The first-order chi connectivity index (χ1) is 12.7. The predicted octanol–water partition coefficient (Wildman–Crippen LogP) is 3.88. The Morgan fingerprint density at radius 1 is 1.27 bits per heavy atom. The first-order valence-electron chi connectivity index (χ1n) is 8.52. The van der Waals surface area contributed by atoms with Gasteiger partial charge in [-0.25, -0.2) is 9.07 Å². The normalized spacial score (nSPS) is 16.1. The van der Waals surface area contributed by atoms with Gasteiger partial charge in [0, 0.05) is 17.9 Å². The van der Waals surface area contributed by atoms with Crippen molar-refractivity contribution < 1.29 is 13.9 Å². The van der Waals surface area contributed by atoms with Gasteiger partial charge in [0.25, 0.3) is 0 Å². The number of nitrogens with zero attached hydrogens (tertiary/aromatic N) is 2. The van der Waals surface area contributed by atoms with E-state index in [1.54, 1.807) is 23.0 Å². The first kappa shape index (κ1) is 16.3. The van der Waals surface area contributed by atoms with Crippen molar-refractivity contribution in [1.29, 1.82) is 0 Å². The van der Waals surface area contributed by atoms with Gasteiger partial charge in [-0.1, -0.05) is 18.2 Å². The maximum absolute atomic E-state index is 13.6. The van der Waals surface area contributed by atoms with Crippen LogP contribution in [0.5, 0.6) is 5.75 Å². The lowest BCUT2D eigenvalue weighted by Gasteiger charge is -2.24. The van der Waals surface area contributed by atoms with Gasteiger partial charge in [-0.2, -0.15) is 5.10 Å². The summed E-state index contributed by atoms with van der Waals surface area (Å²) >= 11 is 0. The molecular formula is C20H18FN3O2. The van der Waals surface area contributed by atoms with Crippen LogP contribution in [0.15, 0.2) is 54.7 Å². The molecule has 0 radical (unpaired) electrons. The zero-order valence-electron chi connectivity index (χ0n) is 14.3. The molecule has 1 N–H and O–H groups in total. The molecule has 0 bridgehead atoms. The van der Waals surface area contributed by atoms with Gasteiger partial charge in [0.15, 0.2) is 0 Å². The van der Waals surface area contributed by atoms with Crippen molar-refractivity contribution >= 4 is 11.7 Å². The molecule has 1 aromatic heterocycles. The number of aromatic nitrogens is 2. The van der Waals surface area contributed by atoms with Gasteiger partial charge in [-0.3, -0.25) is 4.79 Å². The quantitative estimate of drug-likeness (QED) is 0.776. The minimum absolute atomic E-state index is 0.0949. The molecular weight excluding hydrogens is 333 g/mol. The molecule has 1 aliphatic heterocycles. The molecule has 0 saturated heterocycles. The second-order valence-corrected chi connectivity index (χ2v) is 6.15. The van der Waals surface area contributed by atoms with Gasteiger partial charge in [0.2, 0.25) is 5.91 Å². The summed E-state index contributed by atoms with van der Waals surface area (Å²) in [4.78, 5) is 12.3. The lowest BCUT2D eigenvalue weighted by molar-refractivity contribution is -0.116. The summed E-state index contributed by atoms with van der Waals surface area (Å²) < 4.78 is 20.7. The molecule has 132 valence electrons. The highest BCUT2D eigenvalue weighted by Gasteiger charge is 2.30. The van der Waals surface area contributed by atoms with E-state index in [1.165, 1.54) is 12.1 Å². The summed E-state index contributed by atoms with van der Waals surface area (Å²) in [5.74, 6) is 0.785. The molecule has 0 spiro atoms. The summed E-state index contributed by atoms with van der Waals surface area (Å²) in [5.41, 5.74) is 2.46. The van der Waals surface area contributed by atoms with Crippen molar-refractivity contribution in [2.45, 2.75) is 19.3 Å². The van der Waals surface area contributed by atoms with Crippen LogP contribution in [0.3, 0.4) is 0 Å². The Morgan fingerprint density at radius 2 is 2.12 bits per heavy atom. The number of hydrogen-bond donors (Lipinski definition) is 1.